The predicted octanol–water partition coefficient (Wildman–Crippen LogP) is 2.39. The average Bonchev–Trinajstić information content (AvgIpc) is 2.92. The Morgan fingerprint density at radius 1 is 1.20 bits per heavy atom. The molecule has 1 amide bonds. The van der Waals surface area contributed by atoms with Crippen molar-refractivity contribution in [1.82, 2.24) is 20.0 Å². The van der Waals surface area contributed by atoms with Crippen molar-refractivity contribution in [2.45, 2.75) is 19.3 Å². The van der Waals surface area contributed by atoms with Gasteiger partial charge in [0.15, 0.2) is 5.82 Å². The fourth-order valence-electron chi connectivity index (χ4n) is 3.19. The minimum absolute atomic E-state index is 0.122. The van der Waals surface area contributed by atoms with Crippen LogP contribution in [0.25, 0.3) is 5.82 Å². The van der Waals surface area contributed by atoms with Gasteiger partial charge in [0, 0.05) is 29.0 Å². The molecule has 1 aliphatic heterocycles. The highest BCUT2D eigenvalue weighted by molar-refractivity contribution is 6.31. The van der Waals surface area contributed by atoms with Crippen LogP contribution in [0.1, 0.15) is 29.2 Å². The Labute approximate surface area is 147 Å². The van der Waals surface area contributed by atoms with Crippen LogP contribution in [0, 0.1) is 6.92 Å². The van der Waals surface area contributed by atoms with E-state index >= 15 is 0 Å². The molecule has 1 aromatic carbocycles. The molecule has 1 unspecified atom stereocenters. The summed E-state index contributed by atoms with van der Waals surface area (Å²) in [7, 11) is 0. The molecule has 4 rings (SSSR count). The van der Waals surface area contributed by atoms with E-state index in [0.29, 0.717) is 23.1 Å². The number of H-pyrrole nitrogens is 1. The Morgan fingerprint density at radius 2 is 2.00 bits per heavy atom. The van der Waals surface area contributed by atoms with Crippen LogP contribution in [-0.4, -0.2) is 25.9 Å². The number of carbonyl (C=O) groups is 1. The summed E-state index contributed by atoms with van der Waals surface area (Å²) in [5, 5.41) is 14.4. The van der Waals surface area contributed by atoms with E-state index in [-0.39, 0.29) is 17.4 Å². The molecule has 1 aliphatic rings. The lowest BCUT2D eigenvalue weighted by atomic mass is 9.86. The topological polar surface area (TPSA) is 92.7 Å². The highest BCUT2D eigenvalue weighted by Gasteiger charge is 2.33. The summed E-state index contributed by atoms with van der Waals surface area (Å²) in [6, 6.07) is 10.4. The quantitative estimate of drug-likeness (QED) is 0.738. The number of fused-ring (bicyclic) bond motifs is 1. The third-order valence-electron chi connectivity index (χ3n) is 4.26. The zero-order valence-corrected chi connectivity index (χ0v) is 14.0. The molecule has 0 radical (unpaired) electrons. The second-order valence-electron chi connectivity index (χ2n) is 5.87. The molecular weight excluding hydrogens is 342 g/mol. The van der Waals surface area contributed by atoms with Crippen molar-refractivity contribution in [2.24, 2.45) is 0 Å². The molecule has 0 saturated carbocycles. The number of aryl methyl sites for hydroxylation is 1. The van der Waals surface area contributed by atoms with E-state index in [4.69, 9.17) is 11.6 Å². The molecule has 0 spiro atoms. The van der Waals surface area contributed by atoms with Crippen molar-refractivity contribution >= 4 is 23.3 Å². The van der Waals surface area contributed by atoms with Gasteiger partial charge in [-0.1, -0.05) is 29.8 Å². The highest BCUT2D eigenvalue weighted by Crippen LogP contribution is 2.41. The molecule has 8 heteroatoms. The number of aromatic amines is 1. The highest BCUT2D eigenvalue weighted by atomic mass is 35.5. The van der Waals surface area contributed by atoms with Crippen molar-refractivity contribution < 1.29 is 4.79 Å². The number of anilines is 1. The summed E-state index contributed by atoms with van der Waals surface area (Å²) in [5.41, 5.74) is 2.26. The number of hydrogen-bond acceptors (Lipinski definition) is 4. The normalized spacial score (nSPS) is 16.4. The van der Waals surface area contributed by atoms with Crippen LogP contribution in [0.4, 0.5) is 5.82 Å². The van der Waals surface area contributed by atoms with Crippen LogP contribution in [0.15, 0.2) is 41.2 Å². The van der Waals surface area contributed by atoms with Gasteiger partial charge in [-0.05, 0) is 24.6 Å². The van der Waals surface area contributed by atoms with Crippen LogP contribution in [0.2, 0.25) is 5.02 Å². The second-order valence-corrected chi connectivity index (χ2v) is 6.27. The number of aromatic nitrogens is 4. The maximum Gasteiger partial charge on any atom is 0.264 e. The minimum atomic E-state index is -0.306. The number of amides is 1. The van der Waals surface area contributed by atoms with Gasteiger partial charge in [-0.25, -0.2) is 5.10 Å². The number of nitrogens with zero attached hydrogens (tertiary/aromatic N) is 3. The van der Waals surface area contributed by atoms with E-state index in [2.05, 4.69) is 20.6 Å². The molecule has 2 aromatic heterocycles. The Morgan fingerprint density at radius 3 is 2.72 bits per heavy atom. The zero-order chi connectivity index (χ0) is 17.6. The molecule has 2 N–H and O–H groups in total. The summed E-state index contributed by atoms with van der Waals surface area (Å²) in [4.78, 5) is 23.5. The van der Waals surface area contributed by atoms with Gasteiger partial charge in [0.05, 0.1) is 5.69 Å². The first-order chi connectivity index (χ1) is 12.0. The molecule has 0 saturated heterocycles. The summed E-state index contributed by atoms with van der Waals surface area (Å²) in [6.07, 6.45) is 0.294. The molecule has 3 aromatic rings. The lowest BCUT2D eigenvalue weighted by molar-refractivity contribution is -0.116. The fourth-order valence-corrected chi connectivity index (χ4v) is 3.46. The third-order valence-corrected chi connectivity index (χ3v) is 4.61. The Kier molecular flexibility index (Phi) is 3.65. The lowest BCUT2D eigenvalue weighted by Gasteiger charge is -2.24. The van der Waals surface area contributed by atoms with Crippen molar-refractivity contribution in [3.63, 3.8) is 0 Å². The lowest BCUT2D eigenvalue weighted by Crippen LogP contribution is -2.25. The molecule has 7 nitrogen and oxygen atoms in total. The van der Waals surface area contributed by atoms with E-state index in [1.165, 1.54) is 10.7 Å². The zero-order valence-electron chi connectivity index (χ0n) is 13.3. The van der Waals surface area contributed by atoms with Gasteiger partial charge in [-0.2, -0.15) is 14.9 Å². The van der Waals surface area contributed by atoms with Crippen LogP contribution in [-0.2, 0) is 4.79 Å². The van der Waals surface area contributed by atoms with Crippen molar-refractivity contribution in [3.05, 3.63) is 68.6 Å². The first-order valence-corrected chi connectivity index (χ1v) is 8.12. The molecule has 3 heterocycles. The number of hydrogen-bond donors (Lipinski definition) is 2. The molecule has 0 bridgehead atoms. The fraction of sp³-hybridized carbons (Fsp3) is 0.176. The van der Waals surface area contributed by atoms with Gasteiger partial charge >= 0.3 is 0 Å². The number of nitrogens with one attached hydrogen (secondary N) is 2. The van der Waals surface area contributed by atoms with Crippen LogP contribution < -0.4 is 10.9 Å². The molecular formula is C17H14ClN5O2. The first-order valence-electron chi connectivity index (χ1n) is 7.74. The minimum Gasteiger partial charge on any atom is -0.310 e. The van der Waals surface area contributed by atoms with E-state index in [1.807, 2.05) is 31.2 Å². The standard InChI is InChI=1S/C17H14ClN5O2/c1-9-16-11(10-4-2-3-5-12(10)18)8-15(25)19-17(16)23(22-9)13-6-7-14(24)21-20-13/h2-7,11H,8H2,1H3,(H,19,25)(H,21,24). The molecule has 1 atom stereocenters. The van der Waals surface area contributed by atoms with E-state index < -0.39 is 0 Å². The van der Waals surface area contributed by atoms with Gasteiger partial charge in [0.1, 0.15) is 5.82 Å². The smallest absolute Gasteiger partial charge is 0.264 e. The van der Waals surface area contributed by atoms with Crippen LogP contribution in [0.5, 0.6) is 0 Å². The Balaban J connectivity index is 1.91. The molecule has 0 fully saturated rings. The first kappa shape index (κ1) is 15.6. The summed E-state index contributed by atoms with van der Waals surface area (Å²) in [5.74, 6) is 0.666. The largest absolute Gasteiger partial charge is 0.310 e. The second kappa shape index (κ2) is 5.86. The Hall–Kier alpha value is -2.93. The molecule has 0 aliphatic carbocycles. The maximum atomic E-state index is 12.3. The third kappa shape index (κ3) is 2.62. The van der Waals surface area contributed by atoms with Crippen molar-refractivity contribution in [3.8, 4) is 5.82 Å². The van der Waals surface area contributed by atoms with Gasteiger partial charge in [-0.3, -0.25) is 9.59 Å². The van der Waals surface area contributed by atoms with Gasteiger partial charge in [0.2, 0.25) is 5.91 Å². The van der Waals surface area contributed by atoms with Crippen molar-refractivity contribution in [2.75, 3.05) is 5.32 Å². The van der Waals surface area contributed by atoms with Gasteiger partial charge in [-0.15, -0.1) is 0 Å². The van der Waals surface area contributed by atoms with E-state index in [9.17, 15) is 9.59 Å². The molecule has 25 heavy (non-hydrogen) atoms. The van der Waals surface area contributed by atoms with Gasteiger partial charge in [0.25, 0.3) is 5.56 Å². The van der Waals surface area contributed by atoms with Crippen LogP contribution >= 0.6 is 11.6 Å². The number of rotatable bonds is 2. The van der Waals surface area contributed by atoms with Crippen LogP contribution in [0.3, 0.4) is 0 Å². The SMILES string of the molecule is Cc1nn(-c2ccc(=O)[nH]n2)c2c1C(c1ccccc1Cl)CC(=O)N2. The summed E-state index contributed by atoms with van der Waals surface area (Å²) in [6.45, 7) is 1.88. The molecule has 126 valence electrons. The monoisotopic (exact) mass is 355 g/mol. The number of benzene rings is 1. The summed E-state index contributed by atoms with van der Waals surface area (Å²) >= 11 is 6.35. The van der Waals surface area contributed by atoms with Crippen molar-refractivity contribution in [1.29, 1.82) is 0 Å². The maximum absolute atomic E-state index is 12.3. The number of halogens is 1. The van der Waals surface area contributed by atoms with Gasteiger partial charge < -0.3 is 5.32 Å². The summed E-state index contributed by atoms with van der Waals surface area (Å²) < 4.78 is 1.53. The number of carbonyl (C=O) groups excluding carboxylic acids is 1. The van der Waals surface area contributed by atoms with E-state index in [1.54, 1.807) is 6.07 Å². The average molecular weight is 356 g/mol. The van der Waals surface area contributed by atoms with E-state index in [0.717, 1.165) is 16.8 Å². The predicted molar refractivity (Wildman–Crippen MR) is 93.3 cm³/mol. The Bertz CT molecular complexity index is 1020.